The van der Waals surface area contributed by atoms with Crippen LogP contribution in [-0.2, 0) is 6.54 Å². The summed E-state index contributed by atoms with van der Waals surface area (Å²) in [5.74, 6) is 0. The molecule has 4 heteroatoms. The summed E-state index contributed by atoms with van der Waals surface area (Å²) in [4.78, 5) is 7.01. The number of likely N-dealkylation sites (tertiary alicyclic amines) is 1. The third-order valence-corrected chi connectivity index (χ3v) is 4.73. The molecule has 1 aromatic heterocycles. The molecular formula is C17H21ClN2O. The fourth-order valence-corrected chi connectivity index (χ4v) is 3.50. The van der Waals surface area contributed by atoms with Crippen molar-refractivity contribution >= 4 is 22.5 Å². The lowest BCUT2D eigenvalue weighted by Gasteiger charge is -2.25. The van der Waals surface area contributed by atoms with Crippen LogP contribution >= 0.6 is 11.6 Å². The molecule has 1 aliphatic heterocycles. The van der Waals surface area contributed by atoms with Crippen LogP contribution in [0.15, 0.2) is 30.5 Å². The highest BCUT2D eigenvalue weighted by Crippen LogP contribution is 2.29. The molecule has 1 N–H and O–H groups in total. The fraction of sp³-hybridized carbons (Fsp3) is 0.471. The van der Waals surface area contributed by atoms with Crippen LogP contribution in [0.1, 0.15) is 31.2 Å². The lowest BCUT2D eigenvalue weighted by Crippen LogP contribution is -2.29. The molecule has 3 rings (SSSR count). The first-order valence-electron chi connectivity index (χ1n) is 7.66. The van der Waals surface area contributed by atoms with Gasteiger partial charge in [-0.2, -0.15) is 0 Å². The van der Waals surface area contributed by atoms with Crippen molar-refractivity contribution in [3.63, 3.8) is 0 Å². The average Bonchev–Trinajstić information content (AvgIpc) is 2.95. The predicted molar refractivity (Wildman–Crippen MR) is 86.5 cm³/mol. The van der Waals surface area contributed by atoms with E-state index in [1.807, 2.05) is 24.4 Å². The van der Waals surface area contributed by atoms with E-state index >= 15 is 0 Å². The Morgan fingerprint density at radius 3 is 3.10 bits per heavy atom. The van der Waals surface area contributed by atoms with Crippen molar-refractivity contribution in [2.24, 2.45) is 0 Å². The number of aliphatic hydroxyl groups excluding tert-OH is 1. The van der Waals surface area contributed by atoms with Gasteiger partial charge in [0, 0.05) is 41.4 Å². The van der Waals surface area contributed by atoms with Gasteiger partial charge in [-0.05, 0) is 44.4 Å². The zero-order valence-electron chi connectivity index (χ0n) is 12.1. The van der Waals surface area contributed by atoms with E-state index in [-0.39, 0.29) is 6.61 Å². The molecule has 2 heterocycles. The van der Waals surface area contributed by atoms with E-state index < -0.39 is 0 Å². The Bertz CT molecular complexity index is 617. The van der Waals surface area contributed by atoms with Crippen molar-refractivity contribution in [1.29, 1.82) is 0 Å². The lowest BCUT2D eigenvalue weighted by molar-refractivity contribution is 0.210. The van der Waals surface area contributed by atoms with E-state index in [1.165, 1.54) is 12.8 Å². The Labute approximate surface area is 130 Å². The number of pyridine rings is 1. The van der Waals surface area contributed by atoms with Gasteiger partial charge in [-0.3, -0.25) is 9.88 Å². The zero-order valence-corrected chi connectivity index (χ0v) is 12.9. The summed E-state index contributed by atoms with van der Waals surface area (Å²) >= 11 is 6.43. The highest BCUT2D eigenvalue weighted by molar-refractivity contribution is 6.32. The van der Waals surface area contributed by atoms with Crippen LogP contribution in [0.25, 0.3) is 10.9 Å². The Kier molecular flexibility index (Phi) is 4.73. The van der Waals surface area contributed by atoms with Crippen LogP contribution in [0.4, 0.5) is 0 Å². The van der Waals surface area contributed by atoms with Crippen molar-refractivity contribution in [2.75, 3.05) is 13.2 Å². The maximum Gasteiger partial charge on any atom is 0.0761 e. The van der Waals surface area contributed by atoms with Gasteiger partial charge in [0.15, 0.2) is 0 Å². The maximum absolute atomic E-state index is 9.04. The van der Waals surface area contributed by atoms with Crippen molar-refractivity contribution in [2.45, 2.75) is 38.3 Å². The molecule has 0 amide bonds. The quantitative estimate of drug-likeness (QED) is 0.916. The number of hydrogen-bond donors (Lipinski definition) is 1. The largest absolute Gasteiger partial charge is 0.396 e. The van der Waals surface area contributed by atoms with Crippen LogP contribution in [0, 0.1) is 0 Å². The summed E-state index contributed by atoms with van der Waals surface area (Å²) in [7, 11) is 0. The topological polar surface area (TPSA) is 36.4 Å². The molecular weight excluding hydrogens is 284 g/mol. The maximum atomic E-state index is 9.04. The number of nitrogens with zero attached hydrogens (tertiary/aromatic N) is 2. The molecule has 0 aliphatic carbocycles. The Hall–Kier alpha value is -1.16. The van der Waals surface area contributed by atoms with E-state index in [1.54, 1.807) is 0 Å². The third-order valence-electron chi connectivity index (χ3n) is 4.38. The molecule has 1 aromatic carbocycles. The second kappa shape index (κ2) is 6.73. The molecule has 112 valence electrons. The SMILES string of the molecule is OCCCC1CCCN1Cc1c(Cl)ccc2cccnc12. The van der Waals surface area contributed by atoms with E-state index in [2.05, 4.69) is 16.0 Å². The second-order valence-corrected chi connectivity index (χ2v) is 6.14. The van der Waals surface area contributed by atoms with Crippen LogP contribution in [0.3, 0.4) is 0 Å². The molecule has 1 saturated heterocycles. The fourth-order valence-electron chi connectivity index (χ4n) is 3.29. The summed E-state index contributed by atoms with van der Waals surface area (Å²) in [5, 5.41) is 11.0. The van der Waals surface area contributed by atoms with E-state index in [4.69, 9.17) is 16.7 Å². The molecule has 3 nitrogen and oxygen atoms in total. The minimum atomic E-state index is 0.279. The highest BCUT2D eigenvalue weighted by atomic mass is 35.5. The molecule has 0 bridgehead atoms. The van der Waals surface area contributed by atoms with Gasteiger partial charge < -0.3 is 5.11 Å². The average molecular weight is 305 g/mol. The number of rotatable bonds is 5. The van der Waals surface area contributed by atoms with Crippen molar-refractivity contribution in [1.82, 2.24) is 9.88 Å². The first kappa shape index (κ1) is 14.8. The van der Waals surface area contributed by atoms with Gasteiger partial charge in [-0.1, -0.05) is 23.7 Å². The Balaban J connectivity index is 1.85. The number of aromatic nitrogens is 1. The highest BCUT2D eigenvalue weighted by Gasteiger charge is 2.25. The molecule has 2 aromatic rings. The Morgan fingerprint density at radius 2 is 2.24 bits per heavy atom. The Morgan fingerprint density at radius 1 is 1.33 bits per heavy atom. The van der Waals surface area contributed by atoms with Crippen molar-refractivity contribution in [3.8, 4) is 0 Å². The zero-order chi connectivity index (χ0) is 14.7. The summed E-state index contributed by atoms with van der Waals surface area (Å²) in [6.45, 7) is 2.24. The van der Waals surface area contributed by atoms with Gasteiger partial charge in [0.25, 0.3) is 0 Å². The summed E-state index contributed by atoms with van der Waals surface area (Å²) < 4.78 is 0. The van der Waals surface area contributed by atoms with Crippen LogP contribution in [0.2, 0.25) is 5.02 Å². The van der Waals surface area contributed by atoms with Gasteiger partial charge in [0.05, 0.1) is 5.52 Å². The first-order chi connectivity index (χ1) is 10.3. The number of hydrogen-bond acceptors (Lipinski definition) is 3. The van der Waals surface area contributed by atoms with Gasteiger partial charge in [-0.15, -0.1) is 0 Å². The van der Waals surface area contributed by atoms with E-state index in [9.17, 15) is 0 Å². The number of fused-ring (bicyclic) bond motifs is 1. The molecule has 0 radical (unpaired) electrons. The molecule has 21 heavy (non-hydrogen) atoms. The summed E-state index contributed by atoms with van der Waals surface area (Å²) in [5.41, 5.74) is 2.14. The molecule has 1 unspecified atom stereocenters. The summed E-state index contributed by atoms with van der Waals surface area (Å²) in [6.07, 6.45) is 6.21. The van der Waals surface area contributed by atoms with Gasteiger partial charge >= 0.3 is 0 Å². The van der Waals surface area contributed by atoms with Crippen LogP contribution in [-0.4, -0.2) is 34.2 Å². The standard InChI is InChI=1S/C17H21ClN2O/c18-16-8-7-13-4-1-9-19-17(13)15(16)12-20-10-2-5-14(20)6-3-11-21/h1,4,7-9,14,21H,2-3,5-6,10-12H2. The molecule has 0 spiro atoms. The second-order valence-electron chi connectivity index (χ2n) is 5.73. The van der Waals surface area contributed by atoms with E-state index in [0.717, 1.165) is 47.4 Å². The van der Waals surface area contributed by atoms with Gasteiger partial charge in [-0.25, -0.2) is 0 Å². The molecule has 1 atom stereocenters. The molecule has 1 aliphatic rings. The number of benzene rings is 1. The third kappa shape index (κ3) is 3.20. The van der Waals surface area contributed by atoms with Gasteiger partial charge in [0.2, 0.25) is 0 Å². The van der Waals surface area contributed by atoms with Crippen molar-refractivity contribution in [3.05, 3.63) is 41.0 Å². The van der Waals surface area contributed by atoms with Gasteiger partial charge in [0.1, 0.15) is 0 Å². The lowest BCUT2D eigenvalue weighted by atomic mass is 10.1. The normalized spacial score (nSPS) is 19.4. The number of halogens is 1. The first-order valence-corrected chi connectivity index (χ1v) is 8.04. The van der Waals surface area contributed by atoms with Crippen molar-refractivity contribution < 1.29 is 5.11 Å². The minimum Gasteiger partial charge on any atom is -0.396 e. The molecule has 1 fully saturated rings. The number of aliphatic hydroxyl groups is 1. The van der Waals surface area contributed by atoms with Crippen LogP contribution < -0.4 is 0 Å². The van der Waals surface area contributed by atoms with Crippen LogP contribution in [0.5, 0.6) is 0 Å². The molecule has 0 saturated carbocycles. The van der Waals surface area contributed by atoms with E-state index in [0.29, 0.717) is 6.04 Å². The monoisotopic (exact) mass is 304 g/mol. The minimum absolute atomic E-state index is 0.279. The predicted octanol–water partition coefficient (Wildman–Crippen LogP) is 3.63. The smallest absolute Gasteiger partial charge is 0.0761 e. The summed E-state index contributed by atoms with van der Waals surface area (Å²) in [6, 6.07) is 8.60.